The number of carbonyl (C=O) groups excluding carboxylic acids is 1. The van der Waals surface area contributed by atoms with E-state index < -0.39 is 0 Å². The van der Waals surface area contributed by atoms with E-state index in [1.54, 1.807) is 19.3 Å². The molecule has 0 unspecified atom stereocenters. The molecule has 0 saturated heterocycles. The van der Waals surface area contributed by atoms with E-state index in [-0.39, 0.29) is 5.91 Å². The highest BCUT2D eigenvalue weighted by molar-refractivity contribution is 5.92. The van der Waals surface area contributed by atoms with Crippen LogP contribution in [0.5, 0.6) is 0 Å². The van der Waals surface area contributed by atoms with E-state index in [9.17, 15) is 4.79 Å². The molecule has 4 heteroatoms. The lowest BCUT2D eigenvalue weighted by atomic mass is 10.2. The van der Waals surface area contributed by atoms with E-state index in [1.165, 1.54) is 0 Å². The number of hydrogen-bond acceptors (Lipinski definition) is 3. The predicted octanol–water partition coefficient (Wildman–Crippen LogP) is 1.66. The summed E-state index contributed by atoms with van der Waals surface area (Å²) in [6.07, 6.45) is 9.62. The van der Waals surface area contributed by atoms with Crippen LogP contribution in [0.15, 0.2) is 18.3 Å². The smallest absolute Gasteiger partial charge is 0.269 e. The second kappa shape index (κ2) is 7.29. The molecule has 0 bridgehead atoms. The monoisotopic (exact) mass is 231 g/mol. The molecule has 0 aliphatic rings. The molecule has 0 fully saturated rings. The third-order valence-electron chi connectivity index (χ3n) is 2.30. The number of nitrogens with zero attached hydrogens (tertiary/aromatic N) is 1. The molecule has 1 rings (SSSR count). The first kappa shape index (κ1) is 13.0. The van der Waals surface area contributed by atoms with E-state index >= 15 is 0 Å². The third kappa shape index (κ3) is 4.56. The van der Waals surface area contributed by atoms with Crippen molar-refractivity contribution in [3.05, 3.63) is 24.0 Å². The number of terminal acetylenes is 1. The van der Waals surface area contributed by atoms with Crippen molar-refractivity contribution < 1.29 is 4.79 Å². The van der Waals surface area contributed by atoms with Gasteiger partial charge in [0, 0.05) is 31.9 Å². The second-order valence-corrected chi connectivity index (χ2v) is 3.60. The number of anilines is 1. The van der Waals surface area contributed by atoms with Crippen molar-refractivity contribution in [3.8, 4) is 12.3 Å². The van der Waals surface area contributed by atoms with E-state index in [4.69, 9.17) is 6.42 Å². The van der Waals surface area contributed by atoms with E-state index in [2.05, 4.69) is 21.5 Å². The van der Waals surface area contributed by atoms with Gasteiger partial charge < -0.3 is 10.6 Å². The zero-order chi connectivity index (χ0) is 12.5. The molecule has 90 valence electrons. The minimum absolute atomic E-state index is 0.180. The summed E-state index contributed by atoms with van der Waals surface area (Å²) in [5, 5.41) is 5.78. The van der Waals surface area contributed by atoms with Gasteiger partial charge in [0.2, 0.25) is 0 Å². The highest BCUT2D eigenvalue weighted by Gasteiger charge is 2.04. The SMILES string of the molecule is C#CCCCCNc1ccnc(C(=O)NC)c1. The van der Waals surface area contributed by atoms with Crippen molar-refractivity contribution in [2.75, 3.05) is 18.9 Å². The first-order valence-corrected chi connectivity index (χ1v) is 5.63. The summed E-state index contributed by atoms with van der Waals surface area (Å²) in [5.41, 5.74) is 1.32. The maximum Gasteiger partial charge on any atom is 0.269 e. The molecule has 0 atom stereocenters. The lowest BCUT2D eigenvalue weighted by molar-refractivity contribution is 0.0958. The summed E-state index contributed by atoms with van der Waals surface area (Å²) in [4.78, 5) is 15.3. The molecule has 17 heavy (non-hydrogen) atoms. The Kier molecular flexibility index (Phi) is 5.59. The van der Waals surface area contributed by atoms with Gasteiger partial charge in [0.15, 0.2) is 0 Å². The Labute approximate surface area is 102 Å². The lowest BCUT2D eigenvalue weighted by Crippen LogP contribution is -2.19. The fourth-order valence-corrected chi connectivity index (χ4v) is 1.38. The van der Waals surface area contributed by atoms with Crippen LogP contribution in [0, 0.1) is 12.3 Å². The molecular weight excluding hydrogens is 214 g/mol. The maximum absolute atomic E-state index is 11.4. The van der Waals surface area contributed by atoms with Gasteiger partial charge in [0.1, 0.15) is 5.69 Å². The Morgan fingerprint density at radius 3 is 3.06 bits per heavy atom. The number of pyridine rings is 1. The molecule has 0 aromatic carbocycles. The fraction of sp³-hybridized carbons (Fsp3) is 0.385. The minimum atomic E-state index is -0.180. The number of amides is 1. The first-order chi connectivity index (χ1) is 8.27. The standard InChI is InChI=1S/C13H17N3O/c1-3-4-5-6-8-15-11-7-9-16-12(10-11)13(17)14-2/h1,7,9-10H,4-6,8H2,2H3,(H,14,17)(H,15,16). The number of aromatic nitrogens is 1. The van der Waals surface area contributed by atoms with Crippen LogP contribution in [0.3, 0.4) is 0 Å². The molecule has 1 heterocycles. The van der Waals surface area contributed by atoms with Gasteiger partial charge in [-0.2, -0.15) is 0 Å². The zero-order valence-corrected chi connectivity index (χ0v) is 9.99. The molecule has 2 N–H and O–H groups in total. The fourth-order valence-electron chi connectivity index (χ4n) is 1.38. The largest absolute Gasteiger partial charge is 0.385 e. The molecule has 4 nitrogen and oxygen atoms in total. The van der Waals surface area contributed by atoms with Gasteiger partial charge in [0.25, 0.3) is 5.91 Å². The van der Waals surface area contributed by atoms with Crippen LogP contribution >= 0.6 is 0 Å². The Hall–Kier alpha value is -2.02. The van der Waals surface area contributed by atoms with Crippen LogP contribution in [0.4, 0.5) is 5.69 Å². The lowest BCUT2D eigenvalue weighted by Gasteiger charge is -2.06. The van der Waals surface area contributed by atoms with E-state index in [1.807, 2.05) is 6.07 Å². The summed E-state index contributed by atoms with van der Waals surface area (Å²) in [6, 6.07) is 3.58. The Balaban J connectivity index is 2.44. The minimum Gasteiger partial charge on any atom is -0.385 e. The maximum atomic E-state index is 11.4. The summed E-state index contributed by atoms with van der Waals surface area (Å²) in [7, 11) is 1.59. The van der Waals surface area contributed by atoms with Crippen LogP contribution in [-0.2, 0) is 0 Å². The number of rotatable bonds is 6. The molecule has 1 aromatic rings. The average Bonchev–Trinajstić information content (AvgIpc) is 2.38. The molecule has 0 spiro atoms. The summed E-state index contributed by atoms with van der Waals surface area (Å²) in [6.45, 7) is 0.846. The quantitative estimate of drug-likeness (QED) is 0.578. The normalized spacial score (nSPS) is 9.41. The van der Waals surface area contributed by atoms with Crippen molar-refractivity contribution in [2.24, 2.45) is 0 Å². The van der Waals surface area contributed by atoms with Crippen molar-refractivity contribution >= 4 is 11.6 Å². The number of unbranched alkanes of at least 4 members (excludes halogenated alkanes) is 2. The van der Waals surface area contributed by atoms with Crippen LogP contribution in [0.2, 0.25) is 0 Å². The predicted molar refractivity (Wildman–Crippen MR) is 68.8 cm³/mol. The van der Waals surface area contributed by atoms with Gasteiger partial charge in [-0.25, -0.2) is 0 Å². The van der Waals surface area contributed by atoms with Crippen LogP contribution in [0.25, 0.3) is 0 Å². The molecule has 0 aliphatic carbocycles. The van der Waals surface area contributed by atoms with Crippen molar-refractivity contribution in [1.29, 1.82) is 0 Å². The Morgan fingerprint density at radius 1 is 1.53 bits per heavy atom. The van der Waals surface area contributed by atoms with Crippen molar-refractivity contribution in [1.82, 2.24) is 10.3 Å². The summed E-state index contributed by atoms with van der Waals surface area (Å²) in [5.74, 6) is 2.43. The number of hydrogen-bond donors (Lipinski definition) is 2. The van der Waals surface area contributed by atoms with Gasteiger partial charge >= 0.3 is 0 Å². The van der Waals surface area contributed by atoms with Gasteiger partial charge in [-0.15, -0.1) is 12.3 Å². The summed E-state index contributed by atoms with van der Waals surface area (Å²) < 4.78 is 0. The Morgan fingerprint density at radius 2 is 2.35 bits per heavy atom. The topological polar surface area (TPSA) is 54.0 Å². The summed E-state index contributed by atoms with van der Waals surface area (Å²) >= 11 is 0. The molecule has 1 aromatic heterocycles. The van der Waals surface area contributed by atoms with E-state index in [0.717, 1.165) is 31.5 Å². The molecule has 0 saturated carbocycles. The van der Waals surface area contributed by atoms with Crippen LogP contribution in [0.1, 0.15) is 29.8 Å². The molecular formula is C13H17N3O. The van der Waals surface area contributed by atoms with Crippen LogP contribution in [-0.4, -0.2) is 24.5 Å². The number of nitrogens with one attached hydrogen (secondary N) is 2. The van der Waals surface area contributed by atoms with Crippen molar-refractivity contribution in [2.45, 2.75) is 19.3 Å². The third-order valence-corrected chi connectivity index (χ3v) is 2.30. The Bertz CT molecular complexity index is 409. The molecule has 0 radical (unpaired) electrons. The van der Waals surface area contributed by atoms with Gasteiger partial charge in [0.05, 0.1) is 0 Å². The van der Waals surface area contributed by atoms with Gasteiger partial charge in [-0.05, 0) is 25.0 Å². The highest BCUT2D eigenvalue weighted by Crippen LogP contribution is 2.08. The molecule has 1 amide bonds. The second-order valence-electron chi connectivity index (χ2n) is 3.60. The van der Waals surface area contributed by atoms with Crippen molar-refractivity contribution in [3.63, 3.8) is 0 Å². The first-order valence-electron chi connectivity index (χ1n) is 5.63. The molecule has 0 aliphatic heterocycles. The van der Waals surface area contributed by atoms with Crippen LogP contribution < -0.4 is 10.6 Å². The number of carbonyl (C=O) groups is 1. The van der Waals surface area contributed by atoms with Gasteiger partial charge in [-0.3, -0.25) is 9.78 Å². The van der Waals surface area contributed by atoms with Gasteiger partial charge in [-0.1, -0.05) is 0 Å². The average molecular weight is 231 g/mol. The van der Waals surface area contributed by atoms with E-state index in [0.29, 0.717) is 5.69 Å². The highest BCUT2D eigenvalue weighted by atomic mass is 16.1. The zero-order valence-electron chi connectivity index (χ0n) is 9.99.